The van der Waals surface area contributed by atoms with Gasteiger partial charge in [0.05, 0.1) is 19.4 Å². The normalized spacial score (nSPS) is 21.3. The van der Waals surface area contributed by atoms with Gasteiger partial charge in [-0.3, -0.25) is 0 Å². The van der Waals surface area contributed by atoms with Crippen LogP contribution in [0.4, 0.5) is 17.5 Å². The summed E-state index contributed by atoms with van der Waals surface area (Å²) in [5.74, 6) is 2.55. The van der Waals surface area contributed by atoms with E-state index in [0.717, 1.165) is 80.4 Å². The zero-order valence-corrected chi connectivity index (χ0v) is 19.3. The summed E-state index contributed by atoms with van der Waals surface area (Å²) in [5, 5.41) is 7.75. The molecule has 0 saturated carbocycles. The summed E-state index contributed by atoms with van der Waals surface area (Å²) in [5.41, 5.74) is 3.01. The Labute approximate surface area is 194 Å². The monoisotopic (exact) mass is 449 g/mol. The van der Waals surface area contributed by atoms with Crippen molar-refractivity contribution in [2.75, 3.05) is 50.7 Å². The largest absolute Gasteiger partial charge is 0.495 e. The highest BCUT2D eigenvalue weighted by Gasteiger charge is 2.29. The third-order valence-corrected chi connectivity index (χ3v) is 6.65. The van der Waals surface area contributed by atoms with E-state index in [1.165, 1.54) is 5.56 Å². The quantitative estimate of drug-likeness (QED) is 0.545. The van der Waals surface area contributed by atoms with Gasteiger partial charge in [-0.1, -0.05) is 13.0 Å². The second-order valence-corrected chi connectivity index (χ2v) is 9.23. The average Bonchev–Trinajstić information content (AvgIpc) is 3.30. The summed E-state index contributed by atoms with van der Waals surface area (Å²) in [6.07, 6.45) is 6.72. The molecule has 2 saturated heterocycles. The molecule has 0 radical (unpaired) electrons. The number of anilines is 3. The Hall–Kier alpha value is -2.97. The highest BCUT2D eigenvalue weighted by Crippen LogP contribution is 2.35. The number of aromatic nitrogens is 3. The number of nitrogens with one attached hydrogen (secondary N) is 2. The molecule has 2 fully saturated rings. The number of benzene rings is 1. The molecular weight excluding hydrogens is 418 g/mol. The second kappa shape index (κ2) is 9.49. The molecule has 5 rings (SSSR count). The molecule has 4 heterocycles. The number of hydrogen-bond acceptors (Lipinski definition) is 8. The third kappa shape index (κ3) is 4.86. The van der Waals surface area contributed by atoms with Crippen molar-refractivity contribution in [3.05, 3.63) is 42.2 Å². The molecule has 2 aromatic heterocycles. The first-order valence-electron chi connectivity index (χ1n) is 11.6. The molecule has 0 spiro atoms. The maximum atomic E-state index is 5.68. The van der Waals surface area contributed by atoms with E-state index < -0.39 is 0 Å². The molecule has 33 heavy (non-hydrogen) atoms. The molecule has 2 aliphatic heterocycles. The molecule has 3 aromatic rings. The van der Waals surface area contributed by atoms with E-state index in [9.17, 15) is 0 Å². The van der Waals surface area contributed by atoms with Crippen LogP contribution in [0.15, 0.2) is 36.7 Å². The lowest BCUT2D eigenvalue weighted by Crippen LogP contribution is -2.27. The maximum absolute atomic E-state index is 5.68. The van der Waals surface area contributed by atoms with Gasteiger partial charge in [0.2, 0.25) is 5.95 Å². The molecule has 0 bridgehead atoms. The van der Waals surface area contributed by atoms with Crippen molar-refractivity contribution in [2.45, 2.75) is 32.1 Å². The SMILES string of the molecule is COc1cc(C2CCOCC2)ccc1Nc1ncc2ccnc(NC[C@]3(C)CCOC3)c2n1. The standard InChI is InChI=1S/C25H31N5O3/c1-25(8-12-33-16-25)15-28-23-22-19(5-9-26-23)14-27-24(30-22)29-20-4-3-18(13-21(20)31-2)17-6-10-32-11-7-17/h3-5,9,13-14,17H,6-8,10-12,15-16H2,1-2H3,(H,26,28)(H,27,29,30)/t25-/m0/s1. The number of ether oxygens (including phenoxy) is 3. The Balaban J connectivity index is 1.37. The third-order valence-electron chi connectivity index (χ3n) is 6.65. The van der Waals surface area contributed by atoms with E-state index >= 15 is 0 Å². The highest BCUT2D eigenvalue weighted by atomic mass is 16.5. The van der Waals surface area contributed by atoms with Crippen molar-refractivity contribution in [3.8, 4) is 5.75 Å². The van der Waals surface area contributed by atoms with Crippen LogP contribution in [0.2, 0.25) is 0 Å². The van der Waals surface area contributed by atoms with E-state index in [1.54, 1.807) is 13.3 Å². The van der Waals surface area contributed by atoms with Crippen LogP contribution in [0.25, 0.3) is 10.9 Å². The Bertz CT molecular complexity index is 1110. The van der Waals surface area contributed by atoms with E-state index in [-0.39, 0.29) is 5.41 Å². The molecule has 1 aromatic carbocycles. The van der Waals surface area contributed by atoms with E-state index in [2.05, 4.69) is 39.7 Å². The van der Waals surface area contributed by atoms with Crippen molar-refractivity contribution in [1.82, 2.24) is 15.0 Å². The number of methoxy groups -OCH3 is 1. The number of nitrogens with zero attached hydrogens (tertiary/aromatic N) is 3. The summed E-state index contributed by atoms with van der Waals surface area (Å²) < 4.78 is 16.8. The molecule has 174 valence electrons. The number of rotatable bonds is 7. The fourth-order valence-corrected chi connectivity index (χ4v) is 4.51. The number of hydrogen-bond donors (Lipinski definition) is 2. The predicted octanol–water partition coefficient (Wildman–Crippen LogP) is 4.51. The molecule has 0 unspecified atom stereocenters. The smallest absolute Gasteiger partial charge is 0.227 e. The van der Waals surface area contributed by atoms with E-state index in [0.29, 0.717) is 11.9 Å². The Kier molecular flexibility index (Phi) is 6.28. The van der Waals surface area contributed by atoms with Gasteiger partial charge in [0, 0.05) is 49.6 Å². The fraction of sp³-hybridized carbons (Fsp3) is 0.480. The van der Waals surface area contributed by atoms with Crippen LogP contribution < -0.4 is 15.4 Å². The van der Waals surface area contributed by atoms with Crippen LogP contribution in [0.1, 0.15) is 37.7 Å². The zero-order valence-electron chi connectivity index (χ0n) is 19.3. The van der Waals surface area contributed by atoms with Gasteiger partial charge in [0.25, 0.3) is 0 Å². The Morgan fingerprint density at radius 2 is 2.00 bits per heavy atom. The summed E-state index contributed by atoms with van der Waals surface area (Å²) in [6.45, 7) is 6.22. The first kappa shape index (κ1) is 21.9. The van der Waals surface area contributed by atoms with Crippen LogP contribution >= 0.6 is 0 Å². The Morgan fingerprint density at radius 1 is 1.12 bits per heavy atom. The van der Waals surface area contributed by atoms with E-state index in [1.807, 2.05) is 18.3 Å². The molecule has 2 N–H and O–H groups in total. The van der Waals surface area contributed by atoms with Crippen molar-refractivity contribution < 1.29 is 14.2 Å². The Morgan fingerprint density at radius 3 is 2.79 bits per heavy atom. The highest BCUT2D eigenvalue weighted by molar-refractivity contribution is 5.88. The van der Waals surface area contributed by atoms with Gasteiger partial charge in [-0.05, 0) is 48.9 Å². The van der Waals surface area contributed by atoms with Gasteiger partial charge in [0.15, 0.2) is 5.82 Å². The van der Waals surface area contributed by atoms with Crippen molar-refractivity contribution in [2.24, 2.45) is 5.41 Å². The summed E-state index contributed by atoms with van der Waals surface area (Å²) in [6, 6.07) is 8.23. The lowest BCUT2D eigenvalue weighted by molar-refractivity contribution is 0.0853. The second-order valence-electron chi connectivity index (χ2n) is 9.23. The molecular formula is C25H31N5O3. The average molecular weight is 450 g/mol. The number of fused-ring (bicyclic) bond motifs is 1. The number of pyridine rings is 1. The first-order valence-corrected chi connectivity index (χ1v) is 11.6. The van der Waals surface area contributed by atoms with Crippen molar-refractivity contribution >= 4 is 28.4 Å². The van der Waals surface area contributed by atoms with Gasteiger partial charge >= 0.3 is 0 Å². The van der Waals surface area contributed by atoms with Gasteiger partial charge in [0.1, 0.15) is 11.3 Å². The molecule has 1 atom stereocenters. The van der Waals surface area contributed by atoms with Gasteiger partial charge in [-0.2, -0.15) is 0 Å². The molecule has 0 aliphatic carbocycles. The molecule has 8 heteroatoms. The molecule has 2 aliphatic rings. The van der Waals surface area contributed by atoms with Crippen molar-refractivity contribution in [3.63, 3.8) is 0 Å². The summed E-state index contributed by atoms with van der Waals surface area (Å²) in [7, 11) is 1.69. The lowest BCUT2D eigenvalue weighted by Gasteiger charge is -2.23. The summed E-state index contributed by atoms with van der Waals surface area (Å²) in [4.78, 5) is 13.8. The fourth-order valence-electron chi connectivity index (χ4n) is 4.51. The molecule has 0 amide bonds. The van der Waals surface area contributed by atoms with Crippen LogP contribution in [0.5, 0.6) is 5.75 Å². The predicted molar refractivity (Wildman–Crippen MR) is 128 cm³/mol. The first-order chi connectivity index (χ1) is 16.1. The van der Waals surface area contributed by atoms with Crippen LogP contribution in [-0.2, 0) is 9.47 Å². The van der Waals surface area contributed by atoms with Crippen LogP contribution in [-0.4, -0.2) is 55.0 Å². The minimum Gasteiger partial charge on any atom is -0.495 e. The van der Waals surface area contributed by atoms with Gasteiger partial charge in [-0.25, -0.2) is 15.0 Å². The zero-order chi connectivity index (χ0) is 22.7. The maximum Gasteiger partial charge on any atom is 0.227 e. The van der Waals surface area contributed by atoms with Crippen LogP contribution in [0.3, 0.4) is 0 Å². The van der Waals surface area contributed by atoms with Gasteiger partial charge in [-0.15, -0.1) is 0 Å². The minimum atomic E-state index is 0.109. The lowest BCUT2D eigenvalue weighted by atomic mass is 9.90. The van der Waals surface area contributed by atoms with Gasteiger partial charge < -0.3 is 24.8 Å². The minimum absolute atomic E-state index is 0.109. The summed E-state index contributed by atoms with van der Waals surface area (Å²) >= 11 is 0. The van der Waals surface area contributed by atoms with Crippen LogP contribution in [0, 0.1) is 5.41 Å². The molecule has 8 nitrogen and oxygen atoms in total. The topological polar surface area (TPSA) is 90.4 Å². The van der Waals surface area contributed by atoms with Crippen molar-refractivity contribution in [1.29, 1.82) is 0 Å². The van der Waals surface area contributed by atoms with E-state index in [4.69, 9.17) is 19.2 Å².